The van der Waals surface area contributed by atoms with Crippen LogP contribution in [0.5, 0.6) is 0 Å². The van der Waals surface area contributed by atoms with Crippen LogP contribution in [0.2, 0.25) is 0 Å². The lowest BCUT2D eigenvalue weighted by Crippen LogP contribution is -2.44. The number of oxazole rings is 1. The lowest BCUT2D eigenvalue weighted by Gasteiger charge is -2.30. The monoisotopic (exact) mass is 543 g/mol. The molecule has 212 valence electrons. The van der Waals surface area contributed by atoms with Crippen molar-refractivity contribution in [2.75, 3.05) is 19.7 Å². The first-order valence-electron chi connectivity index (χ1n) is 13.2. The van der Waals surface area contributed by atoms with Gasteiger partial charge in [-0.3, -0.25) is 14.4 Å². The Kier molecular flexibility index (Phi) is 10.8. The number of cyclic esters (lactones) is 1. The third-order valence-electron chi connectivity index (χ3n) is 6.74. The predicted molar refractivity (Wildman–Crippen MR) is 140 cm³/mol. The van der Waals surface area contributed by atoms with Gasteiger partial charge in [-0.1, -0.05) is 43.7 Å². The molecule has 2 bridgehead atoms. The first-order chi connectivity index (χ1) is 18.6. The highest BCUT2D eigenvalue weighted by molar-refractivity contribution is 5.95. The smallest absolute Gasteiger partial charge is 0.329 e. The van der Waals surface area contributed by atoms with Crippen LogP contribution in [0.15, 0.2) is 46.6 Å². The zero-order chi connectivity index (χ0) is 28.5. The number of rotatable bonds is 2. The van der Waals surface area contributed by atoms with Gasteiger partial charge in [0, 0.05) is 38.0 Å². The highest BCUT2D eigenvalue weighted by Gasteiger charge is 2.39. The topological polar surface area (TPSA) is 159 Å². The predicted octanol–water partition coefficient (Wildman–Crippen LogP) is 1.51. The van der Waals surface area contributed by atoms with E-state index in [1.54, 1.807) is 39.0 Å². The average Bonchev–Trinajstić information content (AvgIpc) is 3.57. The quantitative estimate of drug-likeness (QED) is 0.470. The van der Waals surface area contributed by atoms with Crippen molar-refractivity contribution >= 4 is 23.6 Å². The minimum Gasteiger partial charge on any atom is -0.460 e. The molecular weight excluding hydrogens is 506 g/mol. The summed E-state index contributed by atoms with van der Waals surface area (Å²) in [6.07, 6.45) is 7.96. The summed E-state index contributed by atoms with van der Waals surface area (Å²) in [4.78, 5) is 56.6. The van der Waals surface area contributed by atoms with Gasteiger partial charge in [-0.25, -0.2) is 9.78 Å². The van der Waals surface area contributed by atoms with Crippen molar-refractivity contribution in [2.45, 2.75) is 64.7 Å². The molecule has 0 spiro atoms. The molecule has 1 saturated heterocycles. The van der Waals surface area contributed by atoms with E-state index in [4.69, 9.17) is 9.15 Å². The number of carbonyl (C=O) groups excluding carboxylic acids is 4. The average molecular weight is 544 g/mol. The van der Waals surface area contributed by atoms with Gasteiger partial charge in [0.1, 0.15) is 24.2 Å². The zero-order valence-electron chi connectivity index (χ0n) is 22.5. The second-order valence-corrected chi connectivity index (χ2v) is 10.1. The van der Waals surface area contributed by atoms with Crippen molar-refractivity contribution < 1.29 is 38.5 Å². The second-order valence-electron chi connectivity index (χ2n) is 10.1. The number of nitrogens with zero attached hydrogens (tertiary/aromatic N) is 2. The molecule has 0 saturated carbocycles. The number of aliphatic hydroxyl groups excluding tert-OH is 2. The van der Waals surface area contributed by atoms with E-state index in [9.17, 15) is 29.4 Å². The van der Waals surface area contributed by atoms with Crippen LogP contribution in [0.3, 0.4) is 0 Å². The van der Waals surface area contributed by atoms with Crippen LogP contribution in [0.4, 0.5) is 0 Å². The van der Waals surface area contributed by atoms with Crippen LogP contribution < -0.4 is 5.32 Å². The Balaban J connectivity index is 1.87. The van der Waals surface area contributed by atoms with Gasteiger partial charge in [-0.2, -0.15) is 0 Å². The van der Waals surface area contributed by atoms with Crippen molar-refractivity contribution in [1.29, 1.82) is 0 Å². The van der Waals surface area contributed by atoms with Gasteiger partial charge in [-0.05, 0) is 25.8 Å². The van der Waals surface area contributed by atoms with Gasteiger partial charge in [0.25, 0.3) is 5.91 Å². The summed E-state index contributed by atoms with van der Waals surface area (Å²) in [6, 6.07) is -0.842. The van der Waals surface area contributed by atoms with Gasteiger partial charge in [0.2, 0.25) is 11.8 Å². The van der Waals surface area contributed by atoms with E-state index in [1.165, 1.54) is 17.1 Å². The first kappa shape index (κ1) is 30.0. The lowest BCUT2D eigenvalue weighted by molar-refractivity contribution is -0.159. The number of hydrogen-bond donors (Lipinski definition) is 3. The molecule has 5 atom stereocenters. The molecule has 2 aliphatic heterocycles. The van der Waals surface area contributed by atoms with Crippen molar-refractivity contribution in [1.82, 2.24) is 15.2 Å². The number of ether oxygens (including phenoxy) is 1. The third kappa shape index (κ3) is 8.46. The van der Waals surface area contributed by atoms with Crippen LogP contribution >= 0.6 is 0 Å². The fraction of sp³-hybridized carbons (Fsp3) is 0.536. The number of nitrogens with one attached hydrogen (secondary N) is 1. The number of amides is 2. The Hall–Kier alpha value is -3.57. The van der Waals surface area contributed by atoms with Gasteiger partial charge in [0.15, 0.2) is 5.69 Å². The number of esters is 1. The Morgan fingerprint density at radius 2 is 2.00 bits per heavy atom. The summed E-state index contributed by atoms with van der Waals surface area (Å²) >= 11 is 0. The molecule has 11 heteroatoms. The first-order valence-corrected chi connectivity index (χ1v) is 13.2. The highest BCUT2D eigenvalue weighted by atomic mass is 16.5. The van der Waals surface area contributed by atoms with E-state index in [-0.39, 0.29) is 49.3 Å². The summed E-state index contributed by atoms with van der Waals surface area (Å²) in [6.45, 7) is 5.61. The molecular formula is C28H37N3O8. The van der Waals surface area contributed by atoms with Crippen LogP contribution in [-0.4, -0.2) is 81.6 Å². The summed E-state index contributed by atoms with van der Waals surface area (Å²) in [7, 11) is 0. The number of Topliss-reactive ketones (excluding diaryl/α,β-unsaturated/α-hetero) is 1. The van der Waals surface area contributed by atoms with E-state index >= 15 is 0 Å². The van der Waals surface area contributed by atoms with E-state index in [0.717, 1.165) is 6.26 Å². The summed E-state index contributed by atoms with van der Waals surface area (Å²) in [5, 5.41) is 22.7. The molecule has 2 amide bonds. The number of aliphatic hydroxyl groups is 2. The molecule has 1 aromatic heterocycles. The lowest BCUT2D eigenvalue weighted by atomic mass is 9.93. The number of hydrogen-bond acceptors (Lipinski definition) is 9. The molecule has 0 radical (unpaired) electrons. The van der Waals surface area contributed by atoms with Crippen molar-refractivity contribution in [2.24, 2.45) is 11.8 Å². The Bertz CT molecular complexity index is 1140. The molecule has 0 aliphatic carbocycles. The number of allylic oxidation sites excluding steroid dienone is 2. The molecule has 0 unspecified atom stereocenters. The SMILES string of the molecule is CC1=C\[C@@H](O)CC(=O)Cc2nc(co2)C(=O)N2CCC[C@@H]2C(=O)O[C@H]([C@@H](C)CO)[C@H](C)/C=C/C(=O)NC\C=C\1. The molecule has 2 aliphatic rings. The van der Waals surface area contributed by atoms with Crippen LogP contribution in [0, 0.1) is 11.8 Å². The third-order valence-corrected chi connectivity index (χ3v) is 6.74. The summed E-state index contributed by atoms with van der Waals surface area (Å²) < 4.78 is 11.1. The number of fused-ring (bicyclic) bond motifs is 3. The minimum absolute atomic E-state index is 0.0279. The van der Waals surface area contributed by atoms with E-state index < -0.39 is 42.0 Å². The Morgan fingerprint density at radius 3 is 2.74 bits per heavy atom. The van der Waals surface area contributed by atoms with E-state index in [1.807, 2.05) is 0 Å². The maximum Gasteiger partial charge on any atom is 0.329 e. The van der Waals surface area contributed by atoms with Gasteiger partial charge in [0.05, 0.1) is 12.5 Å². The van der Waals surface area contributed by atoms with Crippen LogP contribution in [0.1, 0.15) is 56.4 Å². The molecule has 3 N–H and O–H groups in total. The highest BCUT2D eigenvalue weighted by Crippen LogP contribution is 2.25. The largest absolute Gasteiger partial charge is 0.460 e. The van der Waals surface area contributed by atoms with Gasteiger partial charge < -0.3 is 29.6 Å². The second kappa shape index (κ2) is 14.0. The van der Waals surface area contributed by atoms with Crippen LogP contribution in [-0.2, 0) is 25.5 Å². The fourth-order valence-electron chi connectivity index (χ4n) is 4.65. The van der Waals surface area contributed by atoms with E-state index in [2.05, 4.69) is 10.3 Å². The molecule has 39 heavy (non-hydrogen) atoms. The van der Waals surface area contributed by atoms with Crippen molar-refractivity contribution in [3.63, 3.8) is 0 Å². The number of aromatic nitrogens is 1. The number of carbonyl (C=O) groups is 4. The molecule has 0 aromatic carbocycles. The fourth-order valence-corrected chi connectivity index (χ4v) is 4.65. The molecule has 1 fully saturated rings. The molecule has 3 rings (SSSR count). The molecule has 11 nitrogen and oxygen atoms in total. The number of ketones is 1. The van der Waals surface area contributed by atoms with Crippen LogP contribution in [0.25, 0.3) is 0 Å². The normalized spacial score (nSPS) is 30.0. The molecule has 3 heterocycles. The summed E-state index contributed by atoms with van der Waals surface area (Å²) in [5.74, 6) is -2.56. The summed E-state index contributed by atoms with van der Waals surface area (Å²) in [5.41, 5.74) is 0.679. The van der Waals surface area contributed by atoms with E-state index in [0.29, 0.717) is 25.0 Å². The maximum absolute atomic E-state index is 13.2. The zero-order valence-corrected chi connectivity index (χ0v) is 22.5. The van der Waals surface area contributed by atoms with Crippen molar-refractivity contribution in [3.8, 4) is 0 Å². The Morgan fingerprint density at radius 1 is 1.23 bits per heavy atom. The molecule has 1 aromatic rings. The van der Waals surface area contributed by atoms with Gasteiger partial charge in [-0.15, -0.1) is 0 Å². The minimum atomic E-state index is -1.02. The van der Waals surface area contributed by atoms with Crippen molar-refractivity contribution in [3.05, 3.63) is 53.8 Å². The van der Waals surface area contributed by atoms with Gasteiger partial charge >= 0.3 is 5.97 Å². The maximum atomic E-state index is 13.2. The Labute approximate surface area is 227 Å². The standard InChI is InChI=1S/C28H37N3O8/c1-17-6-4-10-29-24(35)9-8-18(2)26(19(3)15-32)39-28(37)23-7-5-11-31(23)27(36)22-16-38-25(30-22)14-21(34)13-20(33)12-17/h4,6,8-9,12,16,18-20,23,26,32-33H,5,7,10-11,13-15H2,1-3H3,(H,29,35)/b6-4+,9-8+,17-12+/t18-,19+,20-,23-,26+/m1/s1.